The van der Waals surface area contributed by atoms with Gasteiger partial charge in [-0.15, -0.1) is 0 Å². The molecule has 0 bridgehead atoms. The molecule has 0 aromatic carbocycles. The van der Waals surface area contributed by atoms with Crippen molar-refractivity contribution in [3.05, 3.63) is 0 Å². The van der Waals surface area contributed by atoms with E-state index in [-0.39, 0.29) is 12.8 Å². The van der Waals surface area contributed by atoms with Crippen molar-refractivity contribution < 1.29 is 159 Å². The van der Waals surface area contributed by atoms with Gasteiger partial charge in [-0.3, -0.25) is 56.5 Å². The first-order valence-electron chi connectivity index (χ1n) is 21.2. The summed E-state index contributed by atoms with van der Waals surface area (Å²) in [6.45, 7) is -3.85. The van der Waals surface area contributed by atoms with Crippen LogP contribution in [0.1, 0.15) is 87.5 Å². The lowest BCUT2D eigenvalue weighted by Crippen LogP contribution is -2.65. The second-order valence-corrected chi connectivity index (χ2v) is 21.7. The van der Waals surface area contributed by atoms with Crippen LogP contribution in [0.5, 0.6) is 0 Å². The highest BCUT2D eigenvalue weighted by Gasteiger charge is 2.98. The number of fused-ring (bicyclic) bond motifs is 3. The molecule has 0 radical (unpaired) electrons. The van der Waals surface area contributed by atoms with Gasteiger partial charge in [0.05, 0.1) is 0 Å². The lowest BCUT2D eigenvalue weighted by Gasteiger charge is -2.46. The van der Waals surface area contributed by atoms with E-state index >= 15 is 9.13 Å². The summed E-state index contributed by atoms with van der Waals surface area (Å²) in [4.78, 5) is 94.7. The van der Waals surface area contributed by atoms with Gasteiger partial charge in [0.25, 0.3) is 0 Å². The Kier molecular flexibility index (Phi) is 24.3. The summed E-state index contributed by atoms with van der Waals surface area (Å²) in [7, 11) is -23.1. The molecule has 74 heavy (non-hydrogen) atoms. The topological polar surface area (TPSA) is 430 Å². The zero-order valence-corrected chi connectivity index (χ0v) is 44.3. The van der Waals surface area contributed by atoms with Crippen LogP contribution in [-0.2, 0) is 149 Å². The number of esters is 8. The van der Waals surface area contributed by atoms with E-state index in [1.165, 1.54) is 0 Å². The van der Waals surface area contributed by atoms with Gasteiger partial charge in [-0.1, -0.05) is 19.3 Å². The fourth-order valence-electron chi connectivity index (χ4n) is 7.38. The average molecular weight is 1160 g/mol. The van der Waals surface area contributed by atoms with E-state index in [4.69, 9.17) is 92.2 Å². The molecule has 3 saturated carbocycles. The number of carbonyl (C=O) groups is 8. The Bertz CT molecular complexity index is 2120. The molecule has 0 saturated heterocycles. The molecule has 0 unspecified atom stereocenters. The number of phosphoric acid groups is 4. The molecule has 0 heterocycles. The molecule has 3 rings (SSSR count). The fourth-order valence-corrected chi connectivity index (χ4v) is 12.0. The Morgan fingerprint density at radius 2 is 0.662 bits per heavy atom. The quantitative estimate of drug-likeness (QED) is 0.0423. The van der Waals surface area contributed by atoms with E-state index in [1.54, 1.807) is 0 Å². The third kappa shape index (κ3) is 17.6. The Morgan fingerprint density at radius 1 is 0.405 bits per heavy atom. The first kappa shape index (κ1) is 64.4. The molecule has 1 spiro atoms. The van der Waals surface area contributed by atoms with Crippen LogP contribution in [-0.4, -0.2) is 148 Å². The second-order valence-electron chi connectivity index (χ2n) is 15.2. The maximum absolute atomic E-state index is 15.0. The Labute approximate surface area is 420 Å². The third-order valence-electron chi connectivity index (χ3n) is 10.2. The molecule has 0 aromatic rings. The first-order chi connectivity index (χ1) is 34.4. The molecule has 0 aliphatic heterocycles. The van der Waals surface area contributed by atoms with Gasteiger partial charge in [0.2, 0.25) is 54.3 Å². The minimum Gasteiger partial charge on any atom is -0.438 e. The molecule has 6 atom stereocenters. The highest BCUT2D eigenvalue weighted by molar-refractivity contribution is 7.49. The van der Waals surface area contributed by atoms with Crippen molar-refractivity contribution in [3.8, 4) is 0 Å². The maximum atomic E-state index is 15.0. The van der Waals surface area contributed by atoms with Crippen LogP contribution in [0, 0.1) is 5.41 Å². The summed E-state index contributed by atoms with van der Waals surface area (Å²) in [5.74, 6) is -8.61. The van der Waals surface area contributed by atoms with Crippen molar-refractivity contribution in [3.63, 3.8) is 0 Å². The summed E-state index contributed by atoms with van der Waals surface area (Å²) in [6, 6.07) is 0. The highest BCUT2D eigenvalue weighted by Crippen LogP contribution is 2.83. The molecule has 3 aliphatic rings. The smallest absolute Gasteiger partial charge is 0.438 e. The lowest BCUT2D eigenvalue weighted by molar-refractivity contribution is -0.219. The number of ether oxygens (including phenoxy) is 8. The third-order valence-corrected chi connectivity index (χ3v) is 15.6. The normalized spacial score (nSPS) is 23.3. The van der Waals surface area contributed by atoms with Crippen molar-refractivity contribution in [2.75, 3.05) is 54.3 Å². The van der Waals surface area contributed by atoms with Gasteiger partial charge >= 0.3 is 79.0 Å². The minimum atomic E-state index is -5.84. The van der Waals surface area contributed by atoms with Gasteiger partial charge in [0.1, 0.15) is 35.6 Å². The van der Waals surface area contributed by atoms with Gasteiger partial charge in [0, 0.05) is 60.8 Å². The largest absolute Gasteiger partial charge is 0.481 e. The Hall–Kier alpha value is -3.88. The van der Waals surface area contributed by atoms with Crippen LogP contribution in [0.2, 0.25) is 0 Å². The van der Waals surface area contributed by atoms with Crippen molar-refractivity contribution in [1.29, 1.82) is 0 Å². The summed E-state index contributed by atoms with van der Waals surface area (Å²) in [5.41, 5.74) is -8.75. The van der Waals surface area contributed by atoms with E-state index in [9.17, 15) is 57.7 Å². The fraction of sp³-hybridized carbons (Fsp3) is 0.778. The van der Waals surface area contributed by atoms with Crippen LogP contribution >= 0.6 is 31.3 Å². The number of hydrogen-bond donors (Lipinski definition) is 2. The van der Waals surface area contributed by atoms with E-state index < -0.39 is 187 Å². The van der Waals surface area contributed by atoms with Gasteiger partial charge in [-0.25, -0.2) is 54.5 Å². The van der Waals surface area contributed by atoms with Crippen molar-refractivity contribution in [1.82, 2.24) is 0 Å². The summed E-state index contributed by atoms with van der Waals surface area (Å²) in [6.07, 6.45) is -12.0. The molecule has 38 heteroatoms. The molecular weight excluding hydrogens is 1100 g/mol. The van der Waals surface area contributed by atoms with E-state index in [0.717, 1.165) is 55.4 Å². The molecular formula is C36H56O34P4. The van der Waals surface area contributed by atoms with Gasteiger partial charge < -0.3 is 48.1 Å². The molecule has 34 nitrogen and oxygen atoms in total. The predicted octanol–water partition coefficient (Wildman–Crippen LogP) is 2.70. The number of aliphatic hydroxyl groups is 2. The minimum absolute atomic E-state index is 0.0470. The maximum Gasteiger partial charge on any atom is 0.481 e. The average Bonchev–Trinajstić information content (AvgIpc) is 3.70. The van der Waals surface area contributed by atoms with Crippen molar-refractivity contribution in [2.45, 2.75) is 123 Å². The predicted molar refractivity (Wildman–Crippen MR) is 227 cm³/mol. The Morgan fingerprint density at radius 3 is 0.946 bits per heavy atom. The number of carbonyl (C=O) groups excluding carboxylic acids is 8. The Balaban J connectivity index is 2.61. The summed E-state index contributed by atoms with van der Waals surface area (Å²) < 4.78 is 163. The number of phosphoric ester groups is 4. The summed E-state index contributed by atoms with van der Waals surface area (Å²) >= 11 is 0. The monoisotopic (exact) mass is 1160 g/mol. The van der Waals surface area contributed by atoms with Gasteiger partial charge in [-0.05, 0) is 12.8 Å². The van der Waals surface area contributed by atoms with E-state index in [0.29, 0.717) is 6.42 Å². The molecule has 0 aromatic heterocycles. The molecule has 424 valence electrons. The van der Waals surface area contributed by atoms with E-state index in [1.807, 2.05) is 0 Å². The van der Waals surface area contributed by atoms with Gasteiger partial charge in [0.15, 0.2) is 0 Å². The zero-order chi connectivity index (χ0) is 55.8. The SMILES string of the molecule is CC(=O)OCOP(=O)(OCOC(C)=O)O[C@@H]1[C@@H](OP(=O)(OCOC(C)=O)OCOC(C)=O)[C@H](OP(=O)(OCOC(C)=O)OCOC(C)=O)[C@]2(OP(=O)(OCOC(C)=O)OCOC(C)=O)C3(CCCCC3)[C@]2(O)[C@H]1O. The van der Waals surface area contributed by atoms with Crippen LogP contribution in [0.3, 0.4) is 0 Å². The number of aliphatic hydroxyl groups excluding tert-OH is 1. The first-order valence-corrected chi connectivity index (χ1v) is 27.1. The van der Waals surface area contributed by atoms with Crippen LogP contribution < -0.4 is 0 Å². The lowest BCUT2D eigenvalue weighted by atomic mass is 9.81. The van der Waals surface area contributed by atoms with Crippen LogP contribution in [0.15, 0.2) is 0 Å². The van der Waals surface area contributed by atoms with Gasteiger partial charge in [-0.2, -0.15) is 0 Å². The zero-order valence-electron chi connectivity index (χ0n) is 40.7. The summed E-state index contributed by atoms with van der Waals surface area (Å²) in [5, 5.41) is 26.1. The van der Waals surface area contributed by atoms with Crippen molar-refractivity contribution >= 4 is 79.0 Å². The number of hydrogen-bond acceptors (Lipinski definition) is 34. The highest BCUT2D eigenvalue weighted by atomic mass is 31.2. The van der Waals surface area contributed by atoms with Crippen LogP contribution in [0.25, 0.3) is 0 Å². The standard InChI is InChI=1S/C36H56O34P4/c1-22(37)51-14-59-71(47,60-15-52-23(2)38)67-30-31(68-72(48,61-16-53-24(3)39)62-17-54-25(4)40)33(69-73(49,63-18-55-26(5)41)64-19-56-27(6)42)36(34(12-10-9-11-13-34)35(36,46)32(30)45)70-74(50,65-20-57-28(7)43)66-21-58-29(8)44/h30-33,45-46H,9-21H2,1-8H3/t30-,31-,32+,33+,35-,36+/m1/s1. The van der Waals surface area contributed by atoms with Crippen molar-refractivity contribution in [2.24, 2.45) is 5.41 Å². The van der Waals surface area contributed by atoms with E-state index in [2.05, 4.69) is 0 Å². The molecule has 3 fully saturated rings. The van der Waals surface area contributed by atoms with Crippen LogP contribution in [0.4, 0.5) is 0 Å². The molecule has 3 aliphatic carbocycles. The molecule has 0 amide bonds. The molecule has 2 N–H and O–H groups in total. The second kappa shape index (κ2) is 28.0. The number of rotatable bonds is 32.